The lowest BCUT2D eigenvalue weighted by molar-refractivity contribution is 0.0237. The Bertz CT molecular complexity index is 219. The summed E-state index contributed by atoms with van der Waals surface area (Å²) in [6.45, 7) is 7.90. The number of hydrogen-bond donors (Lipinski definition) is 1. The molecule has 0 bridgehead atoms. The van der Waals surface area contributed by atoms with E-state index in [1.54, 1.807) is 0 Å². The molecule has 1 saturated carbocycles. The fourth-order valence-electron chi connectivity index (χ4n) is 3.40. The van der Waals surface area contributed by atoms with Gasteiger partial charge in [-0.1, -0.05) is 33.1 Å². The zero-order valence-corrected chi connectivity index (χ0v) is 12.9. The standard InChI is InChI=1S/C16H33NO/c1-5-7-13(3)17(4)12-15-11-14(8-6-2)9-10-16(15)18/h13-16,18H,5-12H2,1-4H3. The van der Waals surface area contributed by atoms with Gasteiger partial charge in [-0.15, -0.1) is 0 Å². The van der Waals surface area contributed by atoms with Crippen LogP contribution in [0.25, 0.3) is 0 Å². The van der Waals surface area contributed by atoms with Crippen LogP contribution in [0.4, 0.5) is 0 Å². The predicted molar refractivity (Wildman–Crippen MR) is 78.7 cm³/mol. The van der Waals surface area contributed by atoms with Gasteiger partial charge in [0.05, 0.1) is 6.10 Å². The van der Waals surface area contributed by atoms with Gasteiger partial charge in [-0.25, -0.2) is 0 Å². The molecule has 0 aromatic rings. The fourth-order valence-corrected chi connectivity index (χ4v) is 3.40. The quantitative estimate of drug-likeness (QED) is 0.750. The molecule has 4 atom stereocenters. The van der Waals surface area contributed by atoms with Crippen molar-refractivity contribution >= 4 is 0 Å². The second-order valence-corrected chi connectivity index (χ2v) is 6.37. The molecule has 1 aliphatic carbocycles. The Kier molecular flexibility index (Phi) is 7.25. The second kappa shape index (κ2) is 8.16. The van der Waals surface area contributed by atoms with E-state index >= 15 is 0 Å². The molecule has 1 aliphatic rings. The van der Waals surface area contributed by atoms with E-state index < -0.39 is 0 Å². The monoisotopic (exact) mass is 255 g/mol. The molecule has 0 spiro atoms. The number of aliphatic hydroxyl groups is 1. The maximum atomic E-state index is 10.2. The van der Waals surface area contributed by atoms with Crippen molar-refractivity contribution in [2.24, 2.45) is 11.8 Å². The molecular weight excluding hydrogens is 222 g/mol. The van der Waals surface area contributed by atoms with E-state index in [2.05, 4.69) is 32.7 Å². The summed E-state index contributed by atoms with van der Waals surface area (Å²) < 4.78 is 0. The SMILES string of the molecule is CCCC1CCC(O)C(CN(C)C(C)CCC)C1. The number of rotatable bonds is 7. The van der Waals surface area contributed by atoms with Crippen LogP contribution in [0.5, 0.6) is 0 Å². The minimum absolute atomic E-state index is 0.0608. The predicted octanol–water partition coefficient (Wildman–Crippen LogP) is 3.68. The first-order valence-corrected chi connectivity index (χ1v) is 7.96. The van der Waals surface area contributed by atoms with Crippen LogP contribution in [-0.4, -0.2) is 35.7 Å². The summed E-state index contributed by atoms with van der Waals surface area (Å²) in [7, 11) is 2.22. The Hall–Kier alpha value is -0.0800. The van der Waals surface area contributed by atoms with Crippen LogP contribution in [0.15, 0.2) is 0 Å². The Morgan fingerprint density at radius 1 is 1.22 bits per heavy atom. The van der Waals surface area contributed by atoms with Crippen LogP contribution in [0, 0.1) is 11.8 Å². The van der Waals surface area contributed by atoms with Gasteiger partial charge in [-0.05, 0) is 51.5 Å². The maximum absolute atomic E-state index is 10.2. The summed E-state index contributed by atoms with van der Waals surface area (Å²) in [5, 5.41) is 10.2. The van der Waals surface area contributed by atoms with Gasteiger partial charge in [0, 0.05) is 12.6 Å². The summed E-state index contributed by atoms with van der Waals surface area (Å²) in [6, 6.07) is 0.647. The summed E-state index contributed by atoms with van der Waals surface area (Å²) >= 11 is 0. The number of aliphatic hydroxyl groups excluding tert-OH is 1. The smallest absolute Gasteiger partial charge is 0.0580 e. The lowest BCUT2D eigenvalue weighted by Gasteiger charge is -2.37. The first kappa shape index (κ1) is 16.0. The highest BCUT2D eigenvalue weighted by Gasteiger charge is 2.30. The zero-order valence-electron chi connectivity index (χ0n) is 12.9. The van der Waals surface area contributed by atoms with Crippen molar-refractivity contribution in [1.29, 1.82) is 0 Å². The van der Waals surface area contributed by atoms with Crippen LogP contribution in [0.2, 0.25) is 0 Å². The van der Waals surface area contributed by atoms with Crippen molar-refractivity contribution in [3.63, 3.8) is 0 Å². The third-order valence-electron chi connectivity index (χ3n) is 4.73. The van der Waals surface area contributed by atoms with Gasteiger partial charge in [0.25, 0.3) is 0 Å². The zero-order chi connectivity index (χ0) is 13.5. The average Bonchev–Trinajstić information content (AvgIpc) is 2.34. The van der Waals surface area contributed by atoms with Crippen molar-refractivity contribution < 1.29 is 5.11 Å². The van der Waals surface area contributed by atoms with E-state index in [0.29, 0.717) is 12.0 Å². The normalized spacial score (nSPS) is 30.7. The average molecular weight is 255 g/mol. The maximum Gasteiger partial charge on any atom is 0.0580 e. The highest BCUT2D eigenvalue weighted by atomic mass is 16.3. The van der Waals surface area contributed by atoms with Crippen LogP contribution >= 0.6 is 0 Å². The highest BCUT2D eigenvalue weighted by Crippen LogP contribution is 2.32. The van der Waals surface area contributed by atoms with Crippen molar-refractivity contribution in [3.8, 4) is 0 Å². The summed E-state index contributed by atoms with van der Waals surface area (Å²) in [6.07, 6.45) is 8.57. The van der Waals surface area contributed by atoms with Gasteiger partial charge in [0.2, 0.25) is 0 Å². The topological polar surface area (TPSA) is 23.5 Å². The molecule has 0 radical (unpaired) electrons. The van der Waals surface area contributed by atoms with Gasteiger partial charge in [-0.3, -0.25) is 0 Å². The molecule has 0 aliphatic heterocycles. The van der Waals surface area contributed by atoms with E-state index in [0.717, 1.165) is 18.9 Å². The molecule has 2 heteroatoms. The Morgan fingerprint density at radius 2 is 1.94 bits per heavy atom. The lowest BCUT2D eigenvalue weighted by atomic mass is 9.77. The Morgan fingerprint density at radius 3 is 2.56 bits per heavy atom. The van der Waals surface area contributed by atoms with Gasteiger partial charge < -0.3 is 10.0 Å². The molecule has 1 rings (SSSR count). The summed E-state index contributed by atoms with van der Waals surface area (Å²) in [5.41, 5.74) is 0. The second-order valence-electron chi connectivity index (χ2n) is 6.37. The van der Waals surface area contributed by atoms with E-state index in [1.165, 1.54) is 38.5 Å². The number of nitrogens with zero attached hydrogens (tertiary/aromatic N) is 1. The van der Waals surface area contributed by atoms with Crippen LogP contribution in [0.1, 0.15) is 65.7 Å². The van der Waals surface area contributed by atoms with E-state index in [-0.39, 0.29) is 6.10 Å². The van der Waals surface area contributed by atoms with E-state index in [9.17, 15) is 5.11 Å². The molecule has 0 heterocycles. The van der Waals surface area contributed by atoms with Crippen LogP contribution in [0.3, 0.4) is 0 Å². The van der Waals surface area contributed by atoms with Crippen LogP contribution < -0.4 is 0 Å². The van der Waals surface area contributed by atoms with Crippen molar-refractivity contribution in [3.05, 3.63) is 0 Å². The third-order valence-corrected chi connectivity index (χ3v) is 4.73. The molecule has 4 unspecified atom stereocenters. The molecule has 1 N–H and O–H groups in total. The highest BCUT2D eigenvalue weighted by molar-refractivity contribution is 4.82. The van der Waals surface area contributed by atoms with Crippen molar-refractivity contribution in [2.45, 2.75) is 77.9 Å². The largest absolute Gasteiger partial charge is 0.393 e. The molecule has 0 amide bonds. The molecule has 108 valence electrons. The molecule has 1 fully saturated rings. The van der Waals surface area contributed by atoms with E-state index in [4.69, 9.17) is 0 Å². The van der Waals surface area contributed by atoms with Gasteiger partial charge in [0.15, 0.2) is 0 Å². The first-order valence-electron chi connectivity index (χ1n) is 7.96. The lowest BCUT2D eigenvalue weighted by Crippen LogP contribution is -2.40. The molecule has 18 heavy (non-hydrogen) atoms. The van der Waals surface area contributed by atoms with E-state index in [1.807, 2.05) is 0 Å². The molecule has 0 saturated heterocycles. The fraction of sp³-hybridized carbons (Fsp3) is 1.00. The van der Waals surface area contributed by atoms with Crippen molar-refractivity contribution in [2.75, 3.05) is 13.6 Å². The molecular formula is C16H33NO. The van der Waals surface area contributed by atoms with Gasteiger partial charge in [0.1, 0.15) is 0 Å². The van der Waals surface area contributed by atoms with Gasteiger partial charge >= 0.3 is 0 Å². The Labute approximate surface area is 114 Å². The minimum atomic E-state index is -0.0608. The molecule has 0 aromatic heterocycles. The minimum Gasteiger partial charge on any atom is -0.393 e. The molecule has 0 aromatic carbocycles. The summed E-state index contributed by atoms with van der Waals surface area (Å²) in [4.78, 5) is 2.45. The summed E-state index contributed by atoms with van der Waals surface area (Å²) in [5.74, 6) is 1.36. The third kappa shape index (κ3) is 4.89. The Balaban J connectivity index is 2.42. The van der Waals surface area contributed by atoms with Crippen molar-refractivity contribution in [1.82, 2.24) is 4.90 Å². The van der Waals surface area contributed by atoms with Gasteiger partial charge in [-0.2, -0.15) is 0 Å². The first-order chi connectivity index (χ1) is 8.58. The number of hydrogen-bond acceptors (Lipinski definition) is 2. The van der Waals surface area contributed by atoms with Crippen LogP contribution in [-0.2, 0) is 0 Å². The molecule has 2 nitrogen and oxygen atoms in total.